The van der Waals surface area contributed by atoms with Gasteiger partial charge in [-0.05, 0) is 6.07 Å². The van der Waals surface area contributed by atoms with Crippen molar-refractivity contribution in [2.24, 2.45) is 7.05 Å². The van der Waals surface area contributed by atoms with Crippen LogP contribution in [0.25, 0.3) is 0 Å². The molecule has 0 spiro atoms. The second-order valence-electron chi connectivity index (χ2n) is 3.97. The van der Waals surface area contributed by atoms with E-state index in [1.54, 1.807) is 7.05 Å². The van der Waals surface area contributed by atoms with E-state index in [0.717, 1.165) is 0 Å². The molecule has 0 unspecified atom stereocenters. The third kappa shape index (κ3) is 2.54. The molecule has 0 atom stereocenters. The Bertz CT molecular complexity index is 652. The minimum absolute atomic E-state index is 0.140. The molecule has 0 bridgehead atoms. The first-order chi connectivity index (χ1) is 8.88. The summed E-state index contributed by atoms with van der Waals surface area (Å²) in [6, 6.07) is 2.46. The summed E-state index contributed by atoms with van der Waals surface area (Å²) < 4.78 is 40.7. The largest absolute Gasteiger partial charge is 0.397 e. The number of benzene rings is 1. The number of nitrogens with zero attached hydrogens (tertiary/aromatic N) is 1. The van der Waals surface area contributed by atoms with Crippen molar-refractivity contribution in [2.45, 2.75) is 0 Å². The molecule has 2 rings (SSSR count). The van der Waals surface area contributed by atoms with Gasteiger partial charge in [-0.1, -0.05) is 0 Å². The minimum atomic E-state index is -1.37. The number of aryl methyl sites for hydroxylation is 1. The summed E-state index contributed by atoms with van der Waals surface area (Å²) in [5.74, 6) is -4.40. The lowest BCUT2D eigenvalue weighted by Crippen LogP contribution is -2.16. The van der Waals surface area contributed by atoms with Crippen molar-refractivity contribution < 1.29 is 18.0 Å². The van der Waals surface area contributed by atoms with E-state index < -0.39 is 29.0 Å². The predicted molar refractivity (Wildman–Crippen MR) is 64.1 cm³/mol. The summed E-state index contributed by atoms with van der Waals surface area (Å²) in [7, 11) is 1.56. The Hall–Kier alpha value is -2.44. The van der Waals surface area contributed by atoms with Gasteiger partial charge in [-0.2, -0.15) is 0 Å². The maximum atomic E-state index is 13.4. The van der Waals surface area contributed by atoms with Crippen LogP contribution in [0.1, 0.15) is 10.5 Å². The van der Waals surface area contributed by atoms with Gasteiger partial charge < -0.3 is 15.6 Å². The molecule has 1 aromatic heterocycles. The molecule has 0 aliphatic heterocycles. The molecule has 1 amide bonds. The fraction of sp³-hybridized carbons (Fsp3) is 0.0833. The van der Waals surface area contributed by atoms with Crippen molar-refractivity contribution in [3.8, 4) is 0 Å². The molecule has 4 nitrogen and oxygen atoms in total. The highest BCUT2D eigenvalue weighted by molar-refractivity contribution is 6.03. The number of carbonyl (C=O) groups is 1. The van der Waals surface area contributed by atoms with Crippen molar-refractivity contribution in [3.63, 3.8) is 0 Å². The standard InChI is InChI=1S/C12H10F3N3O/c1-18-5-7(16)4-10(18)12(19)17-9-3-6(13)2-8(14)11(9)15/h2-5H,16H2,1H3,(H,17,19). The van der Waals surface area contributed by atoms with E-state index in [1.807, 2.05) is 0 Å². The number of carbonyl (C=O) groups excluding carboxylic acids is 1. The summed E-state index contributed by atoms with van der Waals surface area (Å²) in [4.78, 5) is 11.8. The minimum Gasteiger partial charge on any atom is -0.397 e. The van der Waals surface area contributed by atoms with E-state index in [4.69, 9.17) is 5.73 Å². The second kappa shape index (κ2) is 4.68. The number of nitrogen functional groups attached to an aromatic ring is 1. The van der Waals surface area contributed by atoms with Gasteiger partial charge in [0.2, 0.25) is 0 Å². The molecule has 1 heterocycles. The zero-order valence-electron chi connectivity index (χ0n) is 9.88. The lowest BCUT2D eigenvalue weighted by Gasteiger charge is -2.07. The van der Waals surface area contributed by atoms with Crippen molar-refractivity contribution in [2.75, 3.05) is 11.1 Å². The molecule has 0 fully saturated rings. The Kier molecular flexibility index (Phi) is 3.20. The van der Waals surface area contributed by atoms with Crippen LogP contribution in [0.2, 0.25) is 0 Å². The van der Waals surface area contributed by atoms with Gasteiger partial charge in [0.15, 0.2) is 11.6 Å². The highest BCUT2D eigenvalue weighted by Crippen LogP contribution is 2.20. The van der Waals surface area contributed by atoms with Gasteiger partial charge in [0, 0.05) is 25.4 Å². The Morgan fingerprint density at radius 1 is 1.26 bits per heavy atom. The van der Waals surface area contributed by atoms with Crippen molar-refractivity contribution in [1.29, 1.82) is 0 Å². The van der Waals surface area contributed by atoms with Crippen molar-refractivity contribution >= 4 is 17.3 Å². The monoisotopic (exact) mass is 269 g/mol. The average Bonchev–Trinajstić information content (AvgIpc) is 2.64. The van der Waals surface area contributed by atoms with Crippen LogP contribution in [0.4, 0.5) is 24.5 Å². The number of anilines is 2. The van der Waals surface area contributed by atoms with Crippen LogP contribution in [-0.4, -0.2) is 10.5 Å². The lowest BCUT2D eigenvalue weighted by atomic mass is 10.2. The van der Waals surface area contributed by atoms with Crippen LogP contribution in [-0.2, 0) is 7.05 Å². The third-order valence-electron chi connectivity index (χ3n) is 2.50. The first-order valence-electron chi connectivity index (χ1n) is 5.26. The summed E-state index contributed by atoms with van der Waals surface area (Å²) in [6.07, 6.45) is 1.48. The molecule has 1 aromatic carbocycles. The molecular weight excluding hydrogens is 259 g/mol. The SMILES string of the molecule is Cn1cc(N)cc1C(=O)Nc1cc(F)cc(F)c1F. The molecule has 0 radical (unpaired) electrons. The number of aromatic nitrogens is 1. The molecule has 0 aliphatic carbocycles. The third-order valence-corrected chi connectivity index (χ3v) is 2.50. The molecule has 0 aliphatic rings. The number of rotatable bonds is 2. The van der Waals surface area contributed by atoms with E-state index in [9.17, 15) is 18.0 Å². The summed E-state index contributed by atoms with van der Waals surface area (Å²) in [5, 5.41) is 2.09. The number of amides is 1. The van der Waals surface area contributed by atoms with Gasteiger partial charge in [0.25, 0.3) is 5.91 Å². The van der Waals surface area contributed by atoms with Crippen molar-refractivity contribution in [1.82, 2.24) is 4.57 Å². The summed E-state index contributed by atoms with van der Waals surface area (Å²) in [6.45, 7) is 0. The summed E-state index contributed by atoms with van der Waals surface area (Å²) >= 11 is 0. The molecule has 100 valence electrons. The molecule has 0 saturated heterocycles. The van der Waals surface area contributed by atoms with Crippen LogP contribution >= 0.6 is 0 Å². The zero-order valence-corrected chi connectivity index (χ0v) is 9.88. The Morgan fingerprint density at radius 2 is 1.95 bits per heavy atom. The maximum Gasteiger partial charge on any atom is 0.272 e. The van der Waals surface area contributed by atoms with Gasteiger partial charge >= 0.3 is 0 Å². The number of nitrogens with two attached hydrogens (primary N) is 1. The van der Waals surface area contributed by atoms with Gasteiger partial charge in [-0.3, -0.25) is 4.79 Å². The normalized spacial score (nSPS) is 10.5. The first-order valence-corrected chi connectivity index (χ1v) is 5.26. The smallest absolute Gasteiger partial charge is 0.272 e. The van der Waals surface area contributed by atoms with Gasteiger partial charge in [0.05, 0.1) is 11.4 Å². The maximum absolute atomic E-state index is 13.4. The van der Waals surface area contributed by atoms with Gasteiger partial charge in [0.1, 0.15) is 11.5 Å². The van der Waals surface area contributed by atoms with Gasteiger partial charge in [-0.25, -0.2) is 13.2 Å². The average molecular weight is 269 g/mol. The second-order valence-corrected chi connectivity index (χ2v) is 3.97. The molecule has 19 heavy (non-hydrogen) atoms. The molecule has 0 saturated carbocycles. The predicted octanol–water partition coefficient (Wildman–Crippen LogP) is 2.28. The topological polar surface area (TPSA) is 60.0 Å². The lowest BCUT2D eigenvalue weighted by molar-refractivity contribution is 0.101. The summed E-state index contributed by atoms with van der Waals surface area (Å²) in [5.41, 5.74) is 5.41. The van der Waals surface area contributed by atoms with E-state index in [0.29, 0.717) is 17.8 Å². The zero-order chi connectivity index (χ0) is 14.2. The number of nitrogens with one attached hydrogen (secondary N) is 1. The van der Waals surface area contributed by atoms with Gasteiger partial charge in [-0.15, -0.1) is 0 Å². The molecular formula is C12H10F3N3O. The Balaban J connectivity index is 2.31. The van der Waals surface area contributed by atoms with E-state index in [-0.39, 0.29) is 5.69 Å². The van der Waals surface area contributed by atoms with E-state index in [2.05, 4.69) is 5.32 Å². The molecule has 2 aromatic rings. The number of hydrogen-bond donors (Lipinski definition) is 2. The van der Waals surface area contributed by atoms with Crippen LogP contribution in [0, 0.1) is 17.5 Å². The number of hydrogen-bond acceptors (Lipinski definition) is 2. The van der Waals surface area contributed by atoms with Crippen molar-refractivity contribution in [3.05, 3.63) is 47.5 Å². The van der Waals surface area contributed by atoms with Crippen LogP contribution in [0.3, 0.4) is 0 Å². The van der Waals surface area contributed by atoms with E-state index in [1.165, 1.54) is 16.8 Å². The van der Waals surface area contributed by atoms with E-state index >= 15 is 0 Å². The first kappa shape index (κ1) is 13.0. The molecule has 7 heteroatoms. The highest BCUT2D eigenvalue weighted by Gasteiger charge is 2.16. The Labute approximate surface area is 106 Å². The van der Waals surface area contributed by atoms with Crippen LogP contribution < -0.4 is 11.1 Å². The fourth-order valence-electron chi connectivity index (χ4n) is 1.65. The fourth-order valence-corrected chi connectivity index (χ4v) is 1.65. The van der Waals surface area contributed by atoms with Crippen LogP contribution in [0.15, 0.2) is 24.4 Å². The Morgan fingerprint density at radius 3 is 2.53 bits per heavy atom. The highest BCUT2D eigenvalue weighted by atomic mass is 19.2. The molecule has 3 N–H and O–H groups in total. The number of halogens is 3. The van der Waals surface area contributed by atoms with Crippen LogP contribution in [0.5, 0.6) is 0 Å². The quantitative estimate of drug-likeness (QED) is 0.822.